The monoisotopic (exact) mass is 424 g/mol. The van der Waals surface area contributed by atoms with Gasteiger partial charge in [0, 0.05) is 12.5 Å². The van der Waals surface area contributed by atoms with E-state index in [4.69, 9.17) is 23.7 Å². The Bertz CT molecular complexity index is 855. The quantitative estimate of drug-likeness (QED) is 0.495. The van der Waals surface area contributed by atoms with E-state index in [1.165, 1.54) is 6.92 Å². The maximum absolute atomic E-state index is 12.0. The molecule has 0 bridgehead atoms. The number of benzene rings is 2. The van der Waals surface area contributed by atoms with Crippen LogP contribution in [0.4, 0.5) is 0 Å². The van der Waals surface area contributed by atoms with Crippen molar-refractivity contribution in [3.8, 4) is 0 Å². The third kappa shape index (κ3) is 5.22. The van der Waals surface area contributed by atoms with E-state index >= 15 is 0 Å². The summed E-state index contributed by atoms with van der Waals surface area (Å²) < 4.78 is 30.5. The number of carbonyl (C=O) groups is 1. The van der Waals surface area contributed by atoms with Gasteiger partial charge in [-0.05, 0) is 12.0 Å². The molecule has 2 fully saturated rings. The van der Waals surface area contributed by atoms with E-state index in [0.29, 0.717) is 19.6 Å². The summed E-state index contributed by atoms with van der Waals surface area (Å²) in [6, 6.07) is 19.6. The van der Waals surface area contributed by atoms with Gasteiger partial charge in [-0.3, -0.25) is 4.79 Å². The predicted molar refractivity (Wildman–Crippen MR) is 114 cm³/mol. The highest BCUT2D eigenvalue weighted by atomic mass is 16.7. The number of esters is 1. The van der Waals surface area contributed by atoms with Crippen molar-refractivity contribution in [2.45, 2.75) is 56.8 Å². The molecule has 0 radical (unpaired) electrons. The first-order valence-corrected chi connectivity index (χ1v) is 10.6. The normalized spacial score (nSPS) is 30.2. The minimum absolute atomic E-state index is 0.327. The van der Waals surface area contributed by atoms with Crippen LogP contribution in [0.2, 0.25) is 0 Å². The lowest BCUT2D eigenvalue weighted by atomic mass is 9.92. The van der Waals surface area contributed by atoms with Gasteiger partial charge >= 0.3 is 5.97 Å². The molecule has 0 unspecified atom stereocenters. The van der Waals surface area contributed by atoms with E-state index in [-0.39, 0.29) is 18.2 Å². The largest absolute Gasteiger partial charge is 0.457 e. The minimum atomic E-state index is -0.625. The van der Waals surface area contributed by atoms with Crippen molar-refractivity contribution in [2.75, 3.05) is 6.61 Å². The number of hydrogen-bond acceptors (Lipinski definition) is 6. The molecule has 6 atom stereocenters. The van der Waals surface area contributed by atoms with Crippen molar-refractivity contribution < 1.29 is 28.5 Å². The van der Waals surface area contributed by atoms with Crippen molar-refractivity contribution in [2.24, 2.45) is 0 Å². The molecule has 6 nitrogen and oxygen atoms in total. The molecule has 2 saturated heterocycles. The zero-order valence-electron chi connectivity index (χ0n) is 17.6. The Morgan fingerprint density at radius 2 is 1.77 bits per heavy atom. The van der Waals surface area contributed by atoms with Crippen LogP contribution in [0.25, 0.3) is 0 Å². The van der Waals surface area contributed by atoms with Gasteiger partial charge in [0.1, 0.15) is 18.3 Å². The van der Waals surface area contributed by atoms with Crippen molar-refractivity contribution >= 4 is 5.97 Å². The van der Waals surface area contributed by atoms with E-state index in [0.717, 1.165) is 11.1 Å². The number of ether oxygens (including phenoxy) is 5. The molecule has 6 heteroatoms. The van der Waals surface area contributed by atoms with Crippen LogP contribution in [-0.2, 0) is 35.1 Å². The molecule has 2 heterocycles. The maximum atomic E-state index is 12.0. The Morgan fingerprint density at radius 1 is 1.06 bits per heavy atom. The van der Waals surface area contributed by atoms with Crippen molar-refractivity contribution in [1.29, 1.82) is 0 Å². The van der Waals surface area contributed by atoms with Crippen LogP contribution in [-0.4, -0.2) is 43.1 Å². The topological polar surface area (TPSA) is 63.2 Å². The van der Waals surface area contributed by atoms with Gasteiger partial charge in [0.25, 0.3) is 0 Å². The van der Waals surface area contributed by atoms with Gasteiger partial charge in [0.2, 0.25) is 0 Å². The third-order valence-electron chi connectivity index (χ3n) is 5.48. The summed E-state index contributed by atoms with van der Waals surface area (Å²) in [5, 5.41) is 0. The highest BCUT2D eigenvalue weighted by Gasteiger charge is 2.51. The molecule has 2 aliphatic rings. The Morgan fingerprint density at radius 3 is 2.45 bits per heavy atom. The van der Waals surface area contributed by atoms with E-state index in [2.05, 4.69) is 6.58 Å². The fourth-order valence-electron chi connectivity index (χ4n) is 4.09. The molecule has 2 aromatic rings. The first-order valence-electron chi connectivity index (χ1n) is 10.6. The zero-order valence-corrected chi connectivity index (χ0v) is 17.6. The van der Waals surface area contributed by atoms with Crippen molar-refractivity contribution in [3.05, 3.63) is 84.4 Å². The summed E-state index contributed by atoms with van der Waals surface area (Å²) in [6.45, 7) is 5.95. The molecule has 0 aliphatic carbocycles. The highest BCUT2D eigenvalue weighted by molar-refractivity contribution is 5.66. The lowest BCUT2D eigenvalue weighted by Gasteiger charge is -2.48. The molecule has 164 valence electrons. The van der Waals surface area contributed by atoms with Crippen LogP contribution in [0.1, 0.15) is 30.8 Å². The van der Waals surface area contributed by atoms with Crippen LogP contribution < -0.4 is 0 Å². The number of fused-ring (bicyclic) bond motifs is 1. The molecule has 0 spiro atoms. The maximum Gasteiger partial charge on any atom is 0.303 e. The lowest BCUT2D eigenvalue weighted by Crippen LogP contribution is -2.63. The van der Waals surface area contributed by atoms with E-state index < -0.39 is 24.6 Å². The Balaban J connectivity index is 1.57. The molecule has 31 heavy (non-hydrogen) atoms. The van der Waals surface area contributed by atoms with Gasteiger partial charge in [-0.1, -0.05) is 66.7 Å². The summed E-state index contributed by atoms with van der Waals surface area (Å²) in [5.41, 5.74) is 1.93. The smallest absolute Gasteiger partial charge is 0.303 e. The molecule has 0 N–H and O–H groups in total. The Kier molecular flexibility index (Phi) is 7.14. The first kappa shape index (κ1) is 21.7. The molecule has 4 rings (SSSR count). The Hall–Kier alpha value is -2.51. The highest BCUT2D eigenvalue weighted by Crippen LogP contribution is 2.37. The van der Waals surface area contributed by atoms with Crippen LogP contribution in [0.5, 0.6) is 0 Å². The van der Waals surface area contributed by atoms with Gasteiger partial charge in [-0.2, -0.15) is 0 Å². The minimum Gasteiger partial charge on any atom is -0.457 e. The summed E-state index contributed by atoms with van der Waals surface area (Å²) in [5.74, 6) is -0.386. The standard InChI is InChI=1S/C25H28O6/c1-3-10-20-22(27-15-18-11-6-4-7-12-18)24(29-17(2)26)23-21(30-20)16-28-25(31-23)19-13-8-5-9-14-19/h3-9,11-14,20-25H,1,10,15-16H2,2H3/t20-,21-,22+,23-,24-,25-/m1/s1. The third-order valence-corrected chi connectivity index (χ3v) is 5.48. The molecule has 0 amide bonds. The Labute approximate surface area is 182 Å². The van der Waals surface area contributed by atoms with Gasteiger partial charge in [0.05, 0.1) is 19.3 Å². The second kappa shape index (κ2) is 10.2. The molecular formula is C25H28O6. The fraction of sp³-hybridized carbons (Fsp3) is 0.400. The summed E-state index contributed by atoms with van der Waals surface area (Å²) in [7, 11) is 0. The van der Waals surface area contributed by atoms with Crippen LogP contribution >= 0.6 is 0 Å². The van der Waals surface area contributed by atoms with Gasteiger partial charge in [0.15, 0.2) is 12.4 Å². The number of rotatable bonds is 7. The van der Waals surface area contributed by atoms with Gasteiger partial charge in [-0.15, -0.1) is 6.58 Å². The van der Waals surface area contributed by atoms with Crippen LogP contribution in [0, 0.1) is 0 Å². The average molecular weight is 424 g/mol. The second-order valence-electron chi connectivity index (χ2n) is 7.75. The average Bonchev–Trinajstić information content (AvgIpc) is 2.79. The van der Waals surface area contributed by atoms with Crippen LogP contribution in [0.3, 0.4) is 0 Å². The van der Waals surface area contributed by atoms with E-state index in [1.807, 2.05) is 60.7 Å². The van der Waals surface area contributed by atoms with E-state index in [9.17, 15) is 4.79 Å². The molecule has 2 aromatic carbocycles. The summed E-state index contributed by atoms with van der Waals surface area (Å²) >= 11 is 0. The SMILES string of the molecule is C=CC[C@H]1O[C@@H]2CO[C@@H](c3ccccc3)O[C@H]2[C@H](OC(C)=O)[C@H]1OCc1ccccc1. The summed E-state index contributed by atoms with van der Waals surface area (Å²) in [6.07, 6.45) is -0.551. The lowest BCUT2D eigenvalue weighted by molar-refractivity contribution is -0.333. The molecular weight excluding hydrogens is 396 g/mol. The fourth-order valence-corrected chi connectivity index (χ4v) is 4.09. The molecule has 2 aliphatic heterocycles. The number of carbonyl (C=O) groups excluding carboxylic acids is 1. The first-order chi connectivity index (χ1) is 15.2. The summed E-state index contributed by atoms with van der Waals surface area (Å²) in [4.78, 5) is 12.0. The van der Waals surface area contributed by atoms with E-state index in [1.54, 1.807) is 6.08 Å². The predicted octanol–water partition coefficient (Wildman–Crippen LogP) is 3.96. The van der Waals surface area contributed by atoms with Crippen molar-refractivity contribution in [3.63, 3.8) is 0 Å². The van der Waals surface area contributed by atoms with Gasteiger partial charge < -0.3 is 23.7 Å². The molecule has 0 saturated carbocycles. The van der Waals surface area contributed by atoms with Crippen molar-refractivity contribution in [1.82, 2.24) is 0 Å². The zero-order chi connectivity index (χ0) is 21.6. The second-order valence-corrected chi connectivity index (χ2v) is 7.75. The van der Waals surface area contributed by atoms with Gasteiger partial charge in [-0.25, -0.2) is 0 Å². The molecule has 0 aromatic heterocycles. The van der Waals surface area contributed by atoms with Crippen LogP contribution in [0.15, 0.2) is 73.3 Å². The number of hydrogen-bond donors (Lipinski definition) is 0.